The minimum atomic E-state index is -0.556. The van der Waals surface area contributed by atoms with Gasteiger partial charge in [0, 0.05) is 29.8 Å². The van der Waals surface area contributed by atoms with E-state index in [1.165, 1.54) is 17.8 Å². The Morgan fingerprint density at radius 3 is 2.31 bits per heavy atom. The quantitative estimate of drug-likeness (QED) is 0.242. The highest BCUT2D eigenvalue weighted by atomic mass is 32.2. The molecule has 1 aliphatic carbocycles. The number of Topliss-reactive ketones (excluding diaryl/α,β-unsaturated/α-hetero) is 1. The van der Waals surface area contributed by atoms with Crippen molar-refractivity contribution in [1.82, 2.24) is 15.5 Å². The number of rotatable bonds is 10. The van der Waals surface area contributed by atoms with E-state index in [0.29, 0.717) is 30.2 Å². The highest BCUT2D eigenvalue weighted by molar-refractivity contribution is 8.04. The SMILES string of the molecule is O=C(NCOCCCSC1=CC(=O)c2n[nH]c(C(=O)Nc3ccccc3)c2C1=O)Nc1ccccc1. The zero-order valence-electron chi connectivity index (χ0n) is 19.1. The molecule has 4 N–H and O–H groups in total. The molecule has 0 aliphatic heterocycles. The first-order chi connectivity index (χ1) is 17.5. The van der Waals surface area contributed by atoms with Gasteiger partial charge in [0.15, 0.2) is 0 Å². The molecule has 0 saturated carbocycles. The van der Waals surface area contributed by atoms with Crippen LogP contribution in [0.1, 0.15) is 37.8 Å². The Hall–Kier alpha value is -4.22. The Kier molecular flexibility index (Phi) is 8.27. The van der Waals surface area contributed by atoms with E-state index in [4.69, 9.17) is 4.74 Å². The second kappa shape index (κ2) is 12.0. The normalized spacial score (nSPS) is 12.5. The van der Waals surface area contributed by atoms with Crippen molar-refractivity contribution in [2.24, 2.45) is 0 Å². The first-order valence-corrected chi connectivity index (χ1v) is 12.1. The Morgan fingerprint density at radius 2 is 1.61 bits per heavy atom. The highest BCUT2D eigenvalue weighted by Crippen LogP contribution is 2.30. The lowest BCUT2D eigenvalue weighted by molar-refractivity contribution is 0.0979. The molecule has 0 saturated heterocycles. The van der Waals surface area contributed by atoms with Crippen molar-refractivity contribution in [3.8, 4) is 0 Å². The van der Waals surface area contributed by atoms with Crippen LogP contribution in [0.25, 0.3) is 0 Å². The molecule has 11 heteroatoms. The molecule has 0 atom stereocenters. The molecule has 0 fully saturated rings. The fourth-order valence-corrected chi connectivity index (χ4v) is 4.24. The van der Waals surface area contributed by atoms with Crippen LogP contribution in [0.5, 0.6) is 0 Å². The van der Waals surface area contributed by atoms with Gasteiger partial charge in [-0.25, -0.2) is 4.79 Å². The number of para-hydroxylation sites is 2. The predicted octanol–water partition coefficient (Wildman–Crippen LogP) is 3.84. The van der Waals surface area contributed by atoms with Gasteiger partial charge in [-0.15, -0.1) is 11.8 Å². The number of ketones is 2. The molecule has 184 valence electrons. The van der Waals surface area contributed by atoms with Gasteiger partial charge < -0.3 is 20.7 Å². The average Bonchev–Trinajstić information content (AvgIpc) is 3.34. The van der Waals surface area contributed by atoms with Gasteiger partial charge in [0.05, 0.1) is 10.5 Å². The van der Waals surface area contributed by atoms with Gasteiger partial charge in [-0.05, 0) is 30.7 Å². The molecular formula is C25H23N5O5S. The van der Waals surface area contributed by atoms with Crippen LogP contribution in [0.15, 0.2) is 71.6 Å². The third-order valence-electron chi connectivity index (χ3n) is 5.03. The molecule has 1 heterocycles. The maximum Gasteiger partial charge on any atom is 0.321 e. The van der Waals surface area contributed by atoms with Crippen LogP contribution in [-0.4, -0.2) is 52.8 Å². The number of aromatic nitrogens is 2. The van der Waals surface area contributed by atoms with Crippen molar-refractivity contribution in [2.45, 2.75) is 6.42 Å². The minimum Gasteiger partial charge on any atom is -0.361 e. The molecule has 0 unspecified atom stereocenters. The topological polar surface area (TPSA) is 142 Å². The summed E-state index contributed by atoms with van der Waals surface area (Å²) in [6, 6.07) is 17.4. The number of allylic oxidation sites excluding steroid dienone is 2. The molecule has 0 bridgehead atoms. The summed E-state index contributed by atoms with van der Waals surface area (Å²) in [5.74, 6) is -0.923. The van der Waals surface area contributed by atoms with Crippen LogP contribution in [0.4, 0.5) is 16.2 Å². The number of carbonyl (C=O) groups is 4. The van der Waals surface area contributed by atoms with E-state index < -0.39 is 17.5 Å². The second-order valence-corrected chi connectivity index (χ2v) is 8.73. The smallest absolute Gasteiger partial charge is 0.321 e. The van der Waals surface area contributed by atoms with Crippen LogP contribution in [0, 0.1) is 0 Å². The Morgan fingerprint density at radius 1 is 0.944 bits per heavy atom. The number of nitrogens with zero attached hydrogens (tertiary/aromatic N) is 1. The van der Waals surface area contributed by atoms with Crippen LogP contribution in [-0.2, 0) is 4.74 Å². The van der Waals surface area contributed by atoms with Crippen molar-refractivity contribution in [3.05, 3.63) is 88.6 Å². The van der Waals surface area contributed by atoms with Gasteiger partial charge in [-0.2, -0.15) is 5.10 Å². The summed E-state index contributed by atoms with van der Waals surface area (Å²) < 4.78 is 5.41. The van der Waals surface area contributed by atoms with Crippen LogP contribution < -0.4 is 16.0 Å². The van der Waals surface area contributed by atoms with Crippen molar-refractivity contribution in [3.63, 3.8) is 0 Å². The lowest BCUT2D eigenvalue weighted by Crippen LogP contribution is -2.30. The maximum atomic E-state index is 13.0. The fraction of sp³-hybridized carbons (Fsp3) is 0.160. The van der Waals surface area contributed by atoms with E-state index in [0.717, 1.165) is 0 Å². The van der Waals surface area contributed by atoms with E-state index in [-0.39, 0.29) is 34.6 Å². The summed E-state index contributed by atoms with van der Waals surface area (Å²) in [4.78, 5) is 50.2. The summed E-state index contributed by atoms with van der Waals surface area (Å²) in [6.07, 6.45) is 1.82. The van der Waals surface area contributed by atoms with Crippen LogP contribution >= 0.6 is 11.8 Å². The Balaban J connectivity index is 1.22. The maximum absolute atomic E-state index is 13.0. The number of hydrogen-bond acceptors (Lipinski definition) is 7. The molecule has 2 aromatic carbocycles. The lowest BCUT2D eigenvalue weighted by Gasteiger charge is -2.12. The number of hydrogen-bond donors (Lipinski definition) is 4. The number of urea groups is 1. The molecule has 10 nitrogen and oxygen atoms in total. The average molecular weight is 506 g/mol. The number of benzene rings is 2. The number of fused-ring (bicyclic) bond motifs is 1. The monoisotopic (exact) mass is 505 g/mol. The molecule has 3 aromatic rings. The van der Waals surface area contributed by atoms with Crippen LogP contribution in [0.2, 0.25) is 0 Å². The van der Waals surface area contributed by atoms with Gasteiger partial charge in [0.25, 0.3) is 5.91 Å². The van der Waals surface area contributed by atoms with Crippen LogP contribution in [0.3, 0.4) is 0 Å². The number of thioether (sulfide) groups is 1. The molecule has 36 heavy (non-hydrogen) atoms. The van der Waals surface area contributed by atoms with Crippen molar-refractivity contribution >= 4 is 46.6 Å². The molecule has 4 rings (SSSR count). The molecular weight excluding hydrogens is 482 g/mol. The summed E-state index contributed by atoms with van der Waals surface area (Å²) in [6.45, 7) is 0.372. The van der Waals surface area contributed by atoms with Crippen molar-refractivity contribution < 1.29 is 23.9 Å². The van der Waals surface area contributed by atoms with E-state index in [1.54, 1.807) is 36.4 Å². The predicted molar refractivity (Wildman–Crippen MR) is 136 cm³/mol. The molecule has 0 radical (unpaired) electrons. The highest BCUT2D eigenvalue weighted by Gasteiger charge is 2.33. The van der Waals surface area contributed by atoms with Gasteiger partial charge in [0.2, 0.25) is 11.6 Å². The number of aromatic amines is 1. The number of nitrogens with one attached hydrogen (secondary N) is 4. The van der Waals surface area contributed by atoms with E-state index in [2.05, 4.69) is 26.1 Å². The molecule has 1 aliphatic rings. The van der Waals surface area contributed by atoms with Gasteiger partial charge in [0.1, 0.15) is 18.1 Å². The zero-order chi connectivity index (χ0) is 25.3. The first-order valence-electron chi connectivity index (χ1n) is 11.1. The van der Waals surface area contributed by atoms with E-state index in [9.17, 15) is 19.2 Å². The van der Waals surface area contributed by atoms with Crippen molar-refractivity contribution in [2.75, 3.05) is 29.7 Å². The van der Waals surface area contributed by atoms with Gasteiger partial charge >= 0.3 is 6.03 Å². The molecule has 0 spiro atoms. The fourth-order valence-electron chi connectivity index (χ4n) is 3.33. The molecule has 1 aromatic heterocycles. The van der Waals surface area contributed by atoms with Gasteiger partial charge in [-0.1, -0.05) is 36.4 Å². The largest absolute Gasteiger partial charge is 0.361 e. The number of H-pyrrole nitrogens is 1. The lowest BCUT2D eigenvalue weighted by atomic mass is 9.99. The third-order valence-corrected chi connectivity index (χ3v) is 6.14. The first kappa shape index (κ1) is 24.9. The zero-order valence-corrected chi connectivity index (χ0v) is 19.9. The van der Waals surface area contributed by atoms with Gasteiger partial charge in [-0.3, -0.25) is 19.5 Å². The standard InChI is InChI=1S/C25H23N5O5S/c31-18-14-19(36-13-7-12-35-15-26-25(34)28-17-10-5-2-6-11-17)23(32)20-21(18)29-30-22(20)24(33)27-16-8-3-1-4-9-16/h1-6,8-11,14H,7,12-13,15H2,(H,27,33)(H,29,30)(H2,26,28,34). The number of carbonyl (C=O) groups excluding carboxylic acids is 4. The third kappa shape index (κ3) is 6.26. The van der Waals surface area contributed by atoms with E-state index >= 15 is 0 Å². The summed E-state index contributed by atoms with van der Waals surface area (Å²) in [5, 5.41) is 14.4. The Labute approximate surface area is 210 Å². The number of anilines is 2. The number of ether oxygens (including phenoxy) is 1. The molecule has 3 amide bonds. The van der Waals surface area contributed by atoms with Crippen molar-refractivity contribution in [1.29, 1.82) is 0 Å². The summed E-state index contributed by atoms with van der Waals surface area (Å²) in [7, 11) is 0. The Bertz CT molecular complexity index is 1290. The second-order valence-electron chi connectivity index (χ2n) is 7.60. The van der Waals surface area contributed by atoms with E-state index in [1.807, 2.05) is 24.3 Å². The summed E-state index contributed by atoms with van der Waals surface area (Å²) >= 11 is 1.20. The minimum absolute atomic E-state index is 0.0247. The summed E-state index contributed by atoms with van der Waals surface area (Å²) in [5.41, 5.74) is 1.08. The number of amides is 3.